The number of nitrogens with zero attached hydrogens (tertiary/aromatic N) is 1. The van der Waals surface area contributed by atoms with Gasteiger partial charge in [0, 0.05) is 25.4 Å². The first kappa shape index (κ1) is 12.5. The lowest BCUT2D eigenvalue weighted by Gasteiger charge is -2.23. The third-order valence-corrected chi connectivity index (χ3v) is 2.98. The second-order valence-electron chi connectivity index (χ2n) is 4.56. The number of rotatable bonds is 3. The average molecular weight is 241 g/mol. The van der Waals surface area contributed by atoms with Crippen molar-refractivity contribution in [2.75, 3.05) is 14.1 Å². The molecule has 0 saturated carbocycles. The van der Waals surface area contributed by atoms with Crippen molar-refractivity contribution in [2.24, 2.45) is 0 Å². The Labute approximate surface area is 109 Å². The molecule has 0 spiro atoms. The molecule has 1 aliphatic heterocycles. The van der Waals surface area contributed by atoms with E-state index in [9.17, 15) is 0 Å². The van der Waals surface area contributed by atoms with Crippen LogP contribution < -0.4 is 0 Å². The summed E-state index contributed by atoms with van der Waals surface area (Å²) in [5.41, 5.74) is 3.64. The van der Waals surface area contributed by atoms with Crippen LogP contribution >= 0.6 is 0 Å². The Kier molecular flexibility index (Phi) is 3.88. The molecule has 1 aromatic carbocycles. The number of ether oxygens (including phenoxy) is 1. The van der Waals surface area contributed by atoms with Gasteiger partial charge in [-0.25, -0.2) is 0 Å². The lowest BCUT2D eigenvalue weighted by Crippen LogP contribution is -2.15. The van der Waals surface area contributed by atoms with Crippen molar-refractivity contribution < 1.29 is 4.74 Å². The molecule has 0 atom stereocenters. The zero-order chi connectivity index (χ0) is 13.0. The summed E-state index contributed by atoms with van der Waals surface area (Å²) < 4.78 is 5.49. The Morgan fingerprint density at radius 3 is 2.56 bits per heavy atom. The van der Waals surface area contributed by atoms with Crippen molar-refractivity contribution in [2.45, 2.75) is 13.3 Å². The van der Waals surface area contributed by atoms with Crippen molar-refractivity contribution in [3.8, 4) is 0 Å². The van der Waals surface area contributed by atoms with Gasteiger partial charge in [-0.2, -0.15) is 0 Å². The first-order valence-corrected chi connectivity index (χ1v) is 6.14. The third kappa shape index (κ3) is 2.83. The maximum absolute atomic E-state index is 5.49. The molecular formula is C16H19NO. The van der Waals surface area contributed by atoms with E-state index >= 15 is 0 Å². The zero-order valence-electron chi connectivity index (χ0n) is 11.2. The van der Waals surface area contributed by atoms with E-state index < -0.39 is 0 Å². The molecule has 2 nitrogen and oxygen atoms in total. The van der Waals surface area contributed by atoms with E-state index in [0.717, 1.165) is 12.2 Å². The maximum atomic E-state index is 5.49. The van der Waals surface area contributed by atoms with Crippen LogP contribution in [0.15, 0.2) is 59.7 Å². The summed E-state index contributed by atoms with van der Waals surface area (Å²) in [6.07, 6.45) is 6.92. The Morgan fingerprint density at radius 1 is 1.22 bits per heavy atom. The molecule has 0 fully saturated rings. The first-order valence-electron chi connectivity index (χ1n) is 6.14. The monoisotopic (exact) mass is 241 g/mol. The fourth-order valence-corrected chi connectivity index (χ4v) is 2.01. The predicted molar refractivity (Wildman–Crippen MR) is 75.6 cm³/mol. The largest absolute Gasteiger partial charge is 0.470 e. The van der Waals surface area contributed by atoms with Crippen LogP contribution in [0.1, 0.15) is 18.9 Å². The summed E-state index contributed by atoms with van der Waals surface area (Å²) in [6.45, 7) is 2.02. The van der Waals surface area contributed by atoms with Crippen LogP contribution in [0.4, 0.5) is 0 Å². The number of allylic oxidation sites excluding steroid dienone is 3. The van der Waals surface area contributed by atoms with E-state index in [0.29, 0.717) is 0 Å². The van der Waals surface area contributed by atoms with Gasteiger partial charge in [0.15, 0.2) is 0 Å². The molecule has 2 heteroatoms. The topological polar surface area (TPSA) is 12.5 Å². The molecule has 1 aromatic rings. The highest BCUT2D eigenvalue weighted by Gasteiger charge is 2.13. The summed E-state index contributed by atoms with van der Waals surface area (Å²) in [7, 11) is 4.13. The van der Waals surface area contributed by atoms with Crippen molar-refractivity contribution in [3.05, 3.63) is 65.3 Å². The van der Waals surface area contributed by atoms with Gasteiger partial charge in [0.1, 0.15) is 5.76 Å². The molecule has 94 valence electrons. The van der Waals surface area contributed by atoms with Crippen LogP contribution in [0.5, 0.6) is 0 Å². The Balaban J connectivity index is 2.38. The molecule has 0 unspecified atom stereocenters. The number of hydrogen-bond donors (Lipinski definition) is 0. The molecular weight excluding hydrogens is 222 g/mol. The van der Waals surface area contributed by atoms with Gasteiger partial charge in [0.25, 0.3) is 0 Å². The molecule has 0 saturated heterocycles. The Bertz CT molecular complexity index is 495. The van der Waals surface area contributed by atoms with Crippen molar-refractivity contribution in [1.82, 2.24) is 4.90 Å². The first-order chi connectivity index (χ1) is 8.68. The highest BCUT2D eigenvalue weighted by Crippen LogP contribution is 2.26. The number of hydrogen-bond acceptors (Lipinski definition) is 2. The van der Waals surface area contributed by atoms with Crippen molar-refractivity contribution in [3.63, 3.8) is 0 Å². The fraction of sp³-hybridized carbons (Fsp3) is 0.250. The average Bonchev–Trinajstić information content (AvgIpc) is 2.38. The zero-order valence-corrected chi connectivity index (χ0v) is 11.2. The van der Waals surface area contributed by atoms with Crippen molar-refractivity contribution in [1.29, 1.82) is 0 Å². The van der Waals surface area contributed by atoms with Crippen molar-refractivity contribution >= 4 is 6.08 Å². The van der Waals surface area contributed by atoms with Crippen LogP contribution in [0, 0.1) is 0 Å². The number of likely N-dealkylation sites (N-methyl/N-ethyl adjacent to an activating group) is 1. The van der Waals surface area contributed by atoms with Gasteiger partial charge >= 0.3 is 0 Å². The minimum Gasteiger partial charge on any atom is -0.470 e. The smallest absolute Gasteiger partial charge is 0.106 e. The minimum absolute atomic E-state index is 0.919. The highest BCUT2D eigenvalue weighted by molar-refractivity contribution is 5.58. The molecule has 0 aliphatic carbocycles. The normalized spacial score (nSPS) is 15.6. The molecule has 1 heterocycles. The summed E-state index contributed by atoms with van der Waals surface area (Å²) in [5, 5.41) is 0. The van der Waals surface area contributed by atoms with Gasteiger partial charge in [-0.3, -0.25) is 0 Å². The molecule has 0 N–H and O–H groups in total. The van der Waals surface area contributed by atoms with E-state index in [2.05, 4.69) is 49.3 Å². The van der Waals surface area contributed by atoms with Crippen LogP contribution in [-0.4, -0.2) is 19.0 Å². The molecule has 0 aromatic heterocycles. The van der Waals surface area contributed by atoms with Gasteiger partial charge < -0.3 is 9.64 Å². The van der Waals surface area contributed by atoms with Crippen LogP contribution in [0.25, 0.3) is 6.08 Å². The maximum Gasteiger partial charge on any atom is 0.106 e. The minimum atomic E-state index is 0.919. The predicted octanol–water partition coefficient (Wildman–Crippen LogP) is 3.80. The van der Waals surface area contributed by atoms with E-state index in [4.69, 9.17) is 4.74 Å². The van der Waals surface area contributed by atoms with Gasteiger partial charge in [0.05, 0.1) is 6.26 Å². The van der Waals surface area contributed by atoms with E-state index in [1.807, 2.05) is 19.1 Å². The van der Waals surface area contributed by atoms with Gasteiger partial charge in [-0.15, -0.1) is 0 Å². The van der Waals surface area contributed by atoms with Crippen LogP contribution in [-0.2, 0) is 4.74 Å². The highest BCUT2D eigenvalue weighted by atomic mass is 16.5. The quantitative estimate of drug-likeness (QED) is 0.798. The van der Waals surface area contributed by atoms with Crippen LogP contribution in [0.3, 0.4) is 0 Å². The summed E-state index contributed by atoms with van der Waals surface area (Å²) >= 11 is 0. The second kappa shape index (κ2) is 5.58. The molecule has 0 amide bonds. The SMILES string of the molecule is CC1=C(C(=Cc2ccccc2)N(C)C)CC=CO1. The fourth-order valence-electron chi connectivity index (χ4n) is 2.01. The van der Waals surface area contributed by atoms with Gasteiger partial charge in [0.2, 0.25) is 0 Å². The molecule has 18 heavy (non-hydrogen) atoms. The number of benzene rings is 1. The van der Waals surface area contributed by atoms with Gasteiger partial charge in [-0.05, 0) is 31.1 Å². The second-order valence-corrected chi connectivity index (χ2v) is 4.56. The summed E-state index contributed by atoms with van der Waals surface area (Å²) in [4.78, 5) is 2.13. The van der Waals surface area contributed by atoms with E-state index in [-0.39, 0.29) is 0 Å². The summed E-state index contributed by atoms with van der Waals surface area (Å²) in [6, 6.07) is 10.4. The Morgan fingerprint density at radius 2 is 1.94 bits per heavy atom. The van der Waals surface area contributed by atoms with E-state index in [1.54, 1.807) is 6.26 Å². The molecule has 2 rings (SSSR count). The Hall–Kier alpha value is -1.96. The van der Waals surface area contributed by atoms with Crippen LogP contribution in [0.2, 0.25) is 0 Å². The lowest BCUT2D eigenvalue weighted by molar-refractivity contribution is 0.334. The molecule has 0 radical (unpaired) electrons. The molecule has 0 bridgehead atoms. The lowest BCUT2D eigenvalue weighted by atomic mass is 10.0. The standard InChI is InChI=1S/C16H19NO/c1-13-15(10-7-11-18-13)16(17(2)3)12-14-8-5-4-6-9-14/h4-9,11-12H,10H2,1-3H3. The van der Waals surface area contributed by atoms with Gasteiger partial charge in [-0.1, -0.05) is 30.3 Å². The van der Waals surface area contributed by atoms with E-state index in [1.165, 1.54) is 16.8 Å². The third-order valence-electron chi connectivity index (χ3n) is 2.98. The molecule has 1 aliphatic rings. The summed E-state index contributed by atoms with van der Waals surface area (Å²) in [5.74, 6) is 0.980.